The Hall–Kier alpha value is -1.84. The molecule has 0 bridgehead atoms. The number of para-hydroxylation sites is 1. The van der Waals surface area contributed by atoms with Gasteiger partial charge in [-0.25, -0.2) is 5.43 Å². The van der Waals surface area contributed by atoms with Crippen molar-refractivity contribution >= 4 is 11.6 Å². The van der Waals surface area contributed by atoms with E-state index in [1.54, 1.807) is 18.2 Å². The molecule has 0 spiro atoms. The quantitative estimate of drug-likeness (QED) is 0.607. The van der Waals surface area contributed by atoms with Gasteiger partial charge in [0.25, 0.3) is 5.91 Å². The largest absolute Gasteiger partial charge is 0.507 e. The van der Waals surface area contributed by atoms with Crippen LogP contribution in [0, 0.1) is 0 Å². The average molecular weight is 234 g/mol. The number of hydrogen-bond acceptors (Lipinski definition) is 3. The molecule has 0 atom stereocenters. The van der Waals surface area contributed by atoms with Gasteiger partial charge in [0.1, 0.15) is 5.75 Å². The first kappa shape index (κ1) is 13.2. The molecule has 2 N–H and O–H groups in total. The lowest BCUT2D eigenvalue weighted by atomic mass is 10.2. The van der Waals surface area contributed by atoms with E-state index in [1.807, 2.05) is 6.92 Å². The molecule has 1 aromatic carbocycles. The highest BCUT2D eigenvalue weighted by atomic mass is 16.3. The fourth-order valence-electron chi connectivity index (χ4n) is 1.36. The van der Waals surface area contributed by atoms with Crippen LogP contribution in [0.5, 0.6) is 5.75 Å². The van der Waals surface area contributed by atoms with E-state index in [1.165, 1.54) is 6.07 Å². The van der Waals surface area contributed by atoms with Crippen molar-refractivity contribution in [2.24, 2.45) is 5.10 Å². The minimum atomic E-state index is -0.390. The molecule has 4 heteroatoms. The topological polar surface area (TPSA) is 61.7 Å². The molecule has 17 heavy (non-hydrogen) atoms. The Morgan fingerprint density at radius 2 is 2.12 bits per heavy atom. The summed E-state index contributed by atoms with van der Waals surface area (Å²) in [4.78, 5) is 11.7. The highest BCUT2D eigenvalue weighted by molar-refractivity contribution is 5.97. The molecule has 1 amide bonds. The van der Waals surface area contributed by atoms with E-state index in [2.05, 4.69) is 17.5 Å². The van der Waals surface area contributed by atoms with Crippen molar-refractivity contribution in [3.63, 3.8) is 0 Å². The Kier molecular flexibility index (Phi) is 5.20. The standard InChI is InChI=1S/C13H18N2O2/c1-3-4-7-10(2)14-15-13(17)11-8-5-6-9-12(11)16/h5-6,8-9,16H,3-4,7H2,1-2H3,(H,15,17). The zero-order valence-corrected chi connectivity index (χ0v) is 10.2. The van der Waals surface area contributed by atoms with Gasteiger partial charge in [-0.2, -0.15) is 5.10 Å². The van der Waals surface area contributed by atoms with Crippen molar-refractivity contribution in [2.75, 3.05) is 0 Å². The normalized spacial score (nSPS) is 11.3. The van der Waals surface area contributed by atoms with Crippen LogP contribution in [-0.2, 0) is 0 Å². The Bertz CT molecular complexity index is 414. The van der Waals surface area contributed by atoms with E-state index in [4.69, 9.17) is 0 Å². The van der Waals surface area contributed by atoms with Crippen molar-refractivity contribution in [3.05, 3.63) is 29.8 Å². The number of nitrogens with zero attached hydrogens (tertiary/aromatic N) is 1. The number of benzene rings is 1. The lowest BCUT2D eigenvalue weighted by Crippen LogP contribution is -2.19. The fourth-order valence-corrected chi connectivity index (χ4v) is 1.36. The summed E-state index contributed by atoms with van der Waals surface area (Å²) in [6, 6.07) is 6.40. The maximum atomic E-state index is 11.7. The SMILES string of the molecule is CCCCC(C)=NNC(=O)c1ccccc1O. The molecule has 4 nitrogen and oxygen atoms in total. The van der Waals surface area contributed by atoms with E-state index in [9.17, 15) is 9.90 Å². The lowest BCUT2D eigenvalue weighted by molar-refractivity contribution is 0.0952. The molecule has 0 fully saturated rings. The highest BCUT2D eigenvalue weighted by Gasteiger charge is 2.08. The van der Waals surface area contributed by atoms with Crippen molar-refractivity contribution in [2.45, 2.75) is 33.1 Å². The second-order valence-corrected chi connectivity index (χ2v) is 3.91. The van der Waals surface area contributed by atoms with E-state index < -0.39 is 0 Å². The van der Waals surface area contributed by atoms with Gasteiger partial charge in [0.2, 0.25) is 0 Å². The van der Waals surface area contributed by atoms with Gasteiger partial charge in [-0.1, -0.05) is 25.5 Å². The van der Waals surface area contributed by atoms with E-state index in [-0.39, 0.29) is 17.2 Å². The molecule has 0 aromatic heterocycles. The van der Waals surface area contributed by atoms with Crippen molar-refractivity contribution in [1.82, 2.24) is 5.43 Å². The number of phenolic OH excluding ortho intramolecular Hbond substituents is 1. The molecule has 1 aromatic rings. The minimum absolute atomic E-state index is 0.0357. The number of phenols is 1. The van der Waals surface area contributed by atoms with E-state index in [0.717, 1.165) is 25.0 Å². The fraction of sp³-hybridized carbons (Fsp3) is 0.385. The van der Waals surface area contributed by atoms with Gasteiger partial charge in [0.15, 0.2) is 0 Å². The Labute approximate surface area is 101 Å². The number of hydrazone groups is 1. The maximum Gasteiger partial charge on any atom is 0.275 e. The van der Waals surface area contributed by atoms with Crippen LogP contribution in [0.3, 0.4) is 0 Å². The molecule has 0 aliphatic rings. The molecule has 0 aliphatic heterocycles. The van der Waals surface area contributed by atoms with E-state index >= 15 is 0 Å². The monoisotopic (exact) mass is 234 g/mol. The molecule has 0 heterocycles. The summed E-state index contributed by atoms with van der Waals surface area (Å²) in [7, 11) is 0. The average Bonchev–Trinajstić information content (AvgIpc) is 2.34. The summed E-state index contributed by atoms with van der Waals surface area (Å²) in [5.74, 6) is -0.426. The number of amides is 1. The number of hydrogen-bond donors (Lipinski definition) is 2. The Balaban J connectivity index is 2.58. The molecule has 0 saturated carbocycles. The van der Waals surface area contributed by atoms with Gasteiger partial charge in [-0.05, 0) is 31.9 Å². The van der Waals surface area contributed by atoms with Crippen LogP contribution in [0.2, 0.25) is 0 Å². The third kappa shape index (κ3) is 4.26. The Morgan fingerprint density at radius 3 is 2.76 bits per heavy atom. The zero-order valence-electron chi connectivity index (χ0n) is 10.2. The first-order chi connectivity index (χ1) is 8.15. The van der Waals surface area contributed by atoms with Crippen LogP contribution in [0.15, 0.2) is 29.4 Å². The molecule has 0 saturated heterocycles. The number of nitrogens with one attached hydrogen (secondary N) is 1. The second-order valence-electron chi connectivity index (χ2n) is 3.91. The molecule has 0 unspecified atom stereocenters. The number of aromatic hydroxyl groups is 1. The van der Waals surface area contributed by atoms with Gasteiger partial charge in [0.05, 0.1) is 5.56 Å². The van der Waals surface area contributed by atoms with Crippen molar-refractivity contribution in [1.29, 1.82) is 0 Å². The smallest absolute Gasteiger partial charge is 0.275 e. The minimum Gasteiger partial charge on any atom is -0.507 e. The number of unbranched alkanes of at least 4 members (excludes halogenated alkanes) is 1. The van der Waals surface area contributed by atoms with Gasteiger partial charge in [0, 0.05) is 5.71 Å². The van der Waals surface area contributed by atoms with Crippen LogP contribution >= 0.6 is 0 Å². The highest BCUT2D eigenvalue weighted by Crippen LogP contribution is 2.14. The summed E-state index contributed by atoms with van der Waals surface area (Å²) < 4.78 is 0. The first-order valence-corrected chi connectivity index (χ1v) is 5.76. The van der Waals surface area contributed by atoms with Crippen LogP contribution in [0.4, 0.5) is 0 Å². The molecule has 0 radical (unpaired) electrons. The number of rotatable bonds is 5. The number of carbonyl (C=O) groups excluding carboxylic acids is 1. The van der Waals surface area contributed by atoms with Crippen LogP contribution < -0.4 is 5.43 Å². The van der Waals surface area contributed by atoms with Crippen molar-refractivity contribution < 1.29 is 9.90 Å². The third-order valence-corrected chi connectivity index (χ3v) is 2.39. The second kappa shape index (κ2) is 6.68. The predicted octanol–water partition coefficient (Wildman–Crippen LogP) is 2.69. The van der Waals surface area contributed by atoms with Crippen LogP contribution in [0.25, 0.3) is 0 Å². The molecule has 0 aliphatic carbocycles. The summed E-state index contributed by atoms with van der Waals surface area (Å²) >= 11 is 0. The summed E-state index contributed by atoms with van der Waals surface area (Å²) in [6.45, 7) is 3.98. The summed E-state index contributed by atoms with van der Waals surface area (Å²) in [6.07, 6.45) is 3.03. The first-order valence-electron chi connectivity index (χ1n) is 5.76. The lowest BCUT2D eigenvalue weighted by Gasteiger charge is -2.03. The van der Waals surface area contributed by atoms with Gasteiger partial charge < -0.3 is 5.11 Å². The third-order valence-electron chi connectivity index (χ3n) is 2.39. The number of carbonyl (C=O) groups is 1. The van der Waals surface area contributed by atoms with E-state index in [0.29, 0.717) is 0 Å². The molecule has 92 valence electrons. The van der Waals surface area contributed by atoms with Gasteiger partial charge in [-0.3, -0.25) is 4.79 Å². The van der Waals surface area contributed by atoms with Crippen molar-refractivity contribution in [3.8, 4) is 5.75 Å². The zero-order chi connectivity index (χ0) is 12.7. The van der Waals surface area contributed by atoms with Crippen LogP contribution in [-0.4, -0.2) is 16.7 Å². The summed E-state index contributed by atoms with van der Waals surface area (Å²) in [5, 5.41) is 13.5. The van der Waals surface area contributed by atoms with Crippen LogP contribution in [0.1, 0.15) is 43.5 Å². The molecule has 1 rings (SSSR count). The summed E-state index contributed by atoms with van der Waals surface area (Å²) in [5.41, 5.74) is 3.56. The van der Waals surface area contributed by atoms with Gasteiger partial charge in [-0.15, -0.1) is 0 Å². The maximum absolute atomic E-state index is 11.7. The Morgan fingerprint density at radius 1 is 1.41 bits per heavy atom. The van der Waals surface area contributed by atoms with Gasteiger partial charge >= 0.3 is 0 Å². The molecular formula is C13H18N2O2. The molecular weight excluding hydrogens is 216 g/mol. The predicted molar refractivity (Wildman–Crippen MR) is 68.2 cm³/mol.